The molecule has 0 aromatic carbocycles. The molecule has 3 N–H and O–H groups in total. The van der Waals surface area contributed by atoms with Crippen molar-refractivity contribution in [1.82, 2.24) is 5.32 Å². The van der Waals surface area contributed by atoms with Gasteiger partial charge in [-0.05, 0) is 89.9 Å². The van der Waals surface area contributed by atoms with Gasteiger partial charge in [0.1, 0.15) is 0 Å². The molecular weight excluding hydrogens is 995 g/mol. The monoisotopic (exact) mass is 1140 g/mol. The minimum absolute atomic E-state index is 0.00615. The van der Waals surface area contributed by atoms with E-state index in [0.29, 0.717) is 19.4 Å². The zero-order valence-electron chi connectivity index (χ0n) is 54.5. The molecule has 476 valence electrons. The predicted octanol–water partition coefficient (Wildman–Crippen LogP) is 23.6. The summed E-state index contributed by atoms with van der Waals surface area (Å²) in [5, 5.41) is 23.2. The Labute approximate surface area is 506 Å². The number of carbonyl (C=O) groups excluding carboxylic acids is 2. The quantitative estimate of drug-likeness (QED) is 0.0320. The molecule has 2 unspecified atom stereocenters. The molecule has 0 aromatic heterocycles. The van der Waals surface area contributed by atoms with Crippen molar-refractivity contribution in [3.63, 3.8) is 0 Å². The number of aliphatic hydroxyl groups excluding tert-OH is 2. The molecule has 0 fully saturated rings. The molecule has 0 aliphatic rings. The van der Waals surface area contributed by atoms with E-state index in [2.05, 4.69) is 55.6 Å². The number of hydrogen-bond acceptors (Lipinski definition) is 5. The van der Waals surface area contributed by atoms with Crippen LogP contribution in [0.3, 0.4) is 0 Å². The Morgan fingerprint density at radius 3 is 0.951 bits per heavy atom. The minimum Gasteiger partial charge on any atom is -0.466 e. The lowest BCUT2D eigenvalue weighted by Crippen LogP contribution is -2.45. The predicted molar refractivity (Wildman–Crippen MR) is 356 cm³/mol. The van der Waals surface area contributed by atoms with Crippen LogP contribution >= 0.6 is 0 Å². The summed E-state index contributed by atoms with van der Waals surface area (Å²) in [5.74, 6) is -0.0577. The number of hydrogen-bond donors (Lipinski definition) is 3. The molecule has 6 nitrogen and oxygen atoms in total. The van der Waals surface area contributed by atoms with Gasteiger partial charge in [0.2, 0.25) is 5.91 Å². The lowest BCUT2D eigenvalue weighted by molar-refractivity contribution is -0.143. The summed E-state index contributed by atoms with van der Waals surface area (Å²) in [5.41, 5.74) is 0. The lowest BCUT2D eigenvalue weighted by atomic mass is 10.0. The fraction of sp³-hybridized carbons (Fsp3) is 0.867. The van der Waals surface area contributed by atoms with Crippen LogP contribution in [0.5, 0.6) is 0 Å². The Morgan fingerprint density at radius 2 is 0.617 bits per heavy atom. The maximum Gasteiger partial charge on any atom is 0.305 e. The van der Waals surface area contributed by atoms with E-state index in [1.807, 2.05) is 6.08 Å². The molecule has 1 amide bonds. The second-order valence-electron chi connectivity index (χ2n) is 24.9. The number of carbonyl (C=O) groups is 2. The highest BCUT2D eigenvalue weighted by molar-refractivity contribution is 5.76. The number of amides is 1. The van der Waals surface area contributed by atoms with Crippen molar-refractivity contribution >= 4 is 11.9 Å². The molecule has 0 aliphatic heterocycles. The van der Waals surface area contributed by atoms with Gasteiger partial charge in [0.15, 0.2) is 0 Å². The highest BCUT2D eigenvalue weighted by Gasteiger charge is 2.18. The van der Waals surface area contributed by atoms with Crippen LogP contribution in [0.15, 0.2) is 48.6 Å². The average Bonchev–Trinajstić information content (AvgIpc) is 3.47. The third-order valence-corrected chi connectivity index (χ3v) is 16.8. The van der Waals surface area contributed by atoms with Crippen molar-refractivity contribution in [3.8, 4) is 0 Å². The maximum absolute atomic E-state index is 12.5. The molecule has 2 atom stereocenters. The van der Waals surface area contributed by atoms with E-state index >= 15 is 0 Å². The zero-order chi connectivity index (χ0) is 58.5. The highest BCUT2D eigenvalue weighted by atomic mass is 16.5. The number of nitrogens with one attached hydrogen (secondary N) is 1. The third-order valence-electron chi connectivity index (χ3n) is 16.8. The van der Waals surface area contributed by atoms with Crippen molar-refractivity contribution < 1.29 is 24.5 Å². The molecule has 0 saturated carbocycles. The second-order valence-corrected chi connectivity index (χ2v) is 24.9. The number of unbranched alkanes of at least 4 members (excludes halogenated alkanes) is 51. The fourth-order valence-electron chi connectivity index (χ4n) is 11.3. The first-order chi connectivity index (χ1) is 40.0. The van der Waals surface area contributed by atoms with Crippen LogP contribution in [-0.4, -0.2) is 47.4 Å². The van der Waals surface area contributed by atoms with Crippen molar-refractivity contribution in [2.45, 2.75) is 405 Å². The zero-order valence-corrected chi connectivity index (χ0v) is 54.5. The Bertz CT molecular complexity index is 1360. The molecule has 0 saturated heterocycles. The normalized spacial score (nSPS) is 12.8. The van der Waals surface area contributed by atoms with Crippen LogP contribution in [0.4, 0.5) is 0 Å². The van der Waals surface area contributed by atoms with Gasteiger partial charge in [0, 0.05) is 12.8 Å². The van der Waals surface area contributed by atoms with Gasteiger partial charge in [-0.1, -0.05) is 339 Å². The summed E-state index contributed by atoms with van der Waals surface area (Å²) in [6.45, 7) is 4.92. The van der Waals surface area contributed by atoms with Crippen molar-refractivity contribution in [1.29, 1.82) is 0 Å². The maximum atomic E-state index is 12.5. The highest BCUT2D eigenvalue weighted by Crippen LogP contribution is 2.18. The molecule has 0 spiro atoms. The largest absolute Gasteiger partial charge is 0.466 e. The topological polar surface area (TPSA) is 95.9 Å². The molecule has 0 radical (unpaired) electrons. The Morgan fingerprint density at radius 1 is 0.346 bits per heavy atom. The van der Waals surface area contributed by atoms with Gasteiger partial charge in [0.05, 0.1) is 25.4 Å². The second kappa shape index (κ2) is 70.3. The van der Waals surface area contributed by atoms with E-state index in [-0.39, 0.29) is 18.5 Å². The molecular formula is C75H141NO5. The average molecular weight is 1140 g/mol. The Balaban J connectivity index is 3.40. The molecule has 81 heavy (non-hydrogen) atoms. The van der Waals surface area contributed by atoms with Crippen molar-refractivity contribution in [2.75, 3.05) is 13.2 Å². The van der Waals surface area contributed by atoms with Crippen molar-refractivity contribution in [3.05, 3.63) is 48.6 Å². The fourth-order valence-corrected chi connectivity index (χ4v) is 11.3. The molecule has 0 aromatic rings. The summed E-state index contributed by atoms with van der Waals surface area (Å²) in [6.07, 6.45) is 92.0. The molecule has 0 aliphatic carbocycles. The Kier molecular flexibility index (Phi) is 68.4. The lowest BCUT2D eigenvalue weighted by Gasteiger charge is -2.20. The van der Waals surface area contributed by atoms with Crippen molar-refractivity contribution in [2.24, 2.45) is 0 Å². The van der Waals surface area contributed by atoms with Crippen LogP contribution in [0.2, 0.25) is 0 Å². The van der Waals surface area contributed by atoms with Crippen LogP contribution in [0.25, 0.3) is 0 Å². The first kappa shape index (κ1) is 78.8. The van der Waals surface area contributed by atoms with E-state index in [1.54, 1.807) is 6.08 Å². The first-order valence-corrected chi connectivity index (χ1v) is 36.4. The molecule has 0 bridgehead atoms. The Hall–Kier alpha value is -2.18. The first-order valence-electron chi connectivity index (χ1n) is 36.4. The van der Waals surface area contributed by atoms with Gasteiger partial charge in [-0.3, -0.25) is 9.59 Å². The smallest absolute Gasteiger partial charge is 0.305 e. The molecule has 0 rings (SSSR count). The summed E-state index contributed by atoms with van der Waals surface area (Å²) in [4.78, 5) is 24.6. The van der Waals surface area contributed by atoms with Gasteiger partial charge < -0.3 is 20.3 Å². The van der Waals surface area contributed by atoms with E-state index < -0.39 is 12.1 Å². The number of aliphatic hydroxyl groups is 2. The van der Waals surface area contributed by atoms with Crippen LogP contribution < -0.4 is 5.32 Å². The van der Waals surface area contributed by atoms with Crippen LogP contribution in [0.1, 0.15) is 393 Å². The SMILES string of the molecule is CCCCCCCC/C=C\CCCCCCCC(=O)OCCCCCCCCCCC/C=C\C/C=C\CCCCCCCCCCCCCCCCCCCC(=O)NC(CO)C(O)/C=C/CCCCCCCCCCCCCCCC. The van der Waals surface area contributed by atoms with E-state index in [0.717, 1.165) is 51.4 Å². The van der Waals surface area contributed by atoms with Gasteiger partial charge in [0.25, 0.3) is 0 Å². The van der Waals surface area contributed by atoms with Crippen LogP contribution in [-0.2, 0) is 14.3 Å². The number of esters is 1. The third kappa shape index (κ3) is 66.8. The number of rotatable bonds is 68. The standard InChI is InChI=1S/C75H141NO5/c1-3-5-7-9-11-13-15-17-19-40-43-47-51-55-59-63-67-73(78)72(71-77)76-74(79)68-64-60-56-52-48-44-41-37-35-33-31-29-27-25-23-21-20-22-24-26-28-30-32-34-36-38-42-46-50-54-58-62-66-70-81-75(80)69-65-61-57-53-49-45-39-18-16-14-12-10-8-6-4-2/h18,24,26,30,32,39,63,67,72-73,77-78H,3-17,19-23,25,27-29,31,33-38,40-62,64-66,68-71H2,1-2H3,(H,76,79)/b26-24-,32-30-,39-18-,67-63+. The summed E-state index contributed by atoms with van der Waals surface area (Å²) in [6, 6.07) is -0.627. The summed E-state index contributed by atoms with van der Waals surface area (Å²) in [7, 11) is 0. The number of ether oxygens (including phenoxy) is 1. The number of allylic oxidation sites excluding steroid dienone is 7. The van der Waals surface area contributed by atoms with E-state index in [9.17, 15) is 19.8 Å². The minimum atomic E-state index is -0.844. The molecule has 0 heterocycles. The summed E-state index contributed by atoms with van der Waals surface area (Å²) < 4.78 is 5.49. The van der Waals surface area contributed by atoms with Gasteiger partial charge in [-0.25, -0.2) is 0 Å². The summed E-state index contributed by atoms with van der Waals surface area (Å²) >= 11 is 0. The van der Waals surface area contributed by atoms with Crippen LogP contribution in [0, 0.1) is 0 Å². The van der Waals surface area contributed by atoms with E-state index in [1.165, 1.54) is 315 Å². The van der Waals surface area contributed by atoms with Gasteiger partial charge in [-0.15, -0.1) is 0 Å². The van der Waals surface area contributed by atoms with E-state index in [4.69, 9.17) is 4.74 Å². The van der Waals surface area contributed by atoms with Gasteiger partial charge in [-0.2, -0.15) is 0 Å². The van der Waals surface area contributed by atoms with Gasteiger partial charge >= 0.3 is 5.97 Å². The molecule has 6 heteroatoms.